The second kappa shape index (κ2) is 15.5. The molecule has 2 aromatic carbocycles. The molecule has 12 heteroatoms. The SMILES string of the molecule is COc1ccc(C(Cc2c(Cl)c[nH+]cc2Cl)OC(=O)c2ccc(CNC(C)(C(=O)O[C@H]3CN4CCC3CC4)c3ccccc3)s2)cc1OC. The van der Waals surface area contributed by atoms with Crippen LogP contribution in [-0.4, -0.2) is 56.8 Å². The van der Waals surface area contributed by atoms with E-state index in [1.54, 1.807) is 44.8 Å². The van der Waals surface area contributed by atoms with Crippen LogP contribution in [-0.2, 0) is 32.8 Å². The van der Waals surface area contributed by atoms with E-state index in [-0.39, 0.29) is 18.5 Å². The summed E-state index contributed by atoms with van der Waals surface area (Å²) in [7, 11) is 3.10. The van der Waals surface area contributed by atoms with Gasteiger partial charge in [0.25, 0.3) is 0 Å². The van der Waals surface area contributed by atoms with Crippen LogP contribution in [0.3, 0.4) is 0 Å². The van der Waals surface area contributed by atoms with E-state index in [9.17, 15) is 9.59 Å². The maximum atomic E-state index is 13.9. The molecule has 3 fully saturated rings. The Labute approximate surface area is 300 Å². The zero-order chi connectivity index (χ0) is 34.5. The maximum Gasteiger partial charge on any atom is 0.348 e. The Hall–Kier alpha value is -3.67. The number of nitrogens with zero attached hydrogens (tertiary/aromatic N) is 1. The predicted molar refractivity (Wildman–Crippen MR) is 188 cm³/mol. The first-order valence-corrected chi connectivity index (χ1v) is 17.8. The van der Waals surface area contributed by atoms with Gasteiger partial charge in [0.05, 0.1) is 14.2 Å². The van der Waals surface area contributed by atoms with E-state index in [2.05, 4.69) is 15.2 Å². The Balaban J connectivity index is 1.19. The van der Waals surface area contributed by atoms with Crippen molar-refractivity contribution in [1.29, 1.82) is 0 Å². The average Bonchev–Trinajstić information content (AvgIpc) is 3.61. The van der Waals surface area contributed by atoms with Crippen molar-refractivity contribution in [3.63, 3.8) is 0 Å². The van der Waals surface area contributed by atoms with Crippen molar-refractivity contribution < 1.29 is 33.5 Å². The molecule has 3 atom stereocenters. The summed E-state index contributed by atoms with van der Waals surface area (Å²) in [6, 6.07) is 18.6. The number of carbonyl (C=O) groups is 2. The number of esters is 2. The van der Waals surface area contributed by atoms with Gasteiger partial charge in [-0.1, -0.05) is 59.6 Å². The first-order valence-electron chi connectivity index (χ1n) is 16.3. The monoisotopic (exact) mass is 724 g/mol. The van der Waals surface area contributed by atoms with E-state index >= 15 is 0 Å². The molecule has 258 valence electrons. The molecule has 2 N–H and O–H groups in total. The molecule has 3 aliphatic heterocycles. The van der Waals surface area contributed by atoms with Crippen LogP contribution in [0.1, 0.15) is 57.1 Å². The van der Waals surface area contributed by atoms with E-state index in [1.807, 2.05) is 49.4 Å². The summed E-state index contributed by atoms with van der Waals surface area (Å²) >= 11 is 14.3. The predicted octanol–water partition coefficient (Wildman–Crippen LogP) is 6.67. The Bertz CT molecular complexity index is 1760. The third-order valence-corrected chi connectivity index (χ3v) is 11.2. The molecular formula is C37H40Cl2N3O6S+. The number of fused-ring (bicyclic) bond motifs is 3. The van der Waals surface area contributed by atoms with E-state index in [1.165, 1.54) is 11.3 Å². The summed E-state index contributed by atoms with van der Waals surface area (Å²) in [6.45, 7) is 5.11. The first kappa shape index (κ1) is 35.2. The molecule has 3 saturated heterocycles. The van der Waals surface area contributed by atoms with Crippen molar-refractivity contribution in [2.75, 3.05) is 33.9 Å². The normalized spacial score (nSPS) is 20.2. The molecule has 0 amide bonds. The third kappa shape index (κ3) is 7.89. The zero-order valence-electron chi connectivity index (χ0n) is 27.7. The second-order valence-corrected chi connectivity index (χ2v) is 14.5. The number of rotatable bonds is 13. The number of piperidine rings is 3. The lowest BCUT2D eigenvalue weighted by Crippen LogP contribution is -2.55. The quantitative estimate of drug-likeness (QED) is 0.153. The van der Waals surface area contributed by atoms with Gasteiger partial charge in [-0.05, 0) is 74.2 Å². The van der Waals surface area contributed by atoms with Gasteiger partial charge in [-0.25, -0.2) is 14.6 Å². The van der Waals surface area contributed by atoms with E-state index in [0.29, 0.717) is 50.0 Å². The highest BCUT2D eigenvalue weighted by atomic mass is 35.5. The minimum atomic E-state index is -1.10. The lowest BCUT2D eigenvalue weighted by molar-refractivity contribution is -0.377. The Kier molecular flexibility index (Phi) is 11.1. The van der Waals surface area contributed by atoms with Crippen molar-refractivity contribution in [3.05, 3.63) is 110 Å². The van der Waals surface area contributed by atoms with Gasteiger partial charge in [-0.3, -0.25) is 10.2 Å². The summed E-state index contributed by atoms with van der Waals surface area (Å²) in [6.07, 6.45) is 4.74. The number of hydrogen-bond donors (Lipinski definition) is 1. The zero-order valence-corrected chi connectivity index (χ0v) is 30.0. The van der Waals surface area contributed by atoms with Crippen LogP contribution in [0.5, 0.6) is 11.5 Å². The molecule has 0 aliphatic carbocycles. The molecular weight excluding hydrogens is 685 g/mol. The molecule has 49 heavy (non-hydrogen) atoms. The topological polar surface area (TPSA) is 100 Å². The largest absolute Gasteiger partial charge is 0.493 e. The number of methoxy groups -OCH3 is 2. The van der Waals surface area contributed by atoms with Crippen LogP contribution in [0.4, 0.5) is 0 Å². The van der Waals surface area contributed by atoms with Crippen LogP contribution >= 0.6 is 34.5 Å². The van der Waals surface area contributed by atoms with Crippen LogP contribution in [0.15, 0.2) is 73.1 Å². The highest BCUT2D eigenvalue weighted by molar-refractivity contribution is 7.13. The number of carbonyl (C=O) groups excluding carboxylic acids is 2. The first-order chi connectivity index (χ1) is 23.7. The Morgan fingerprint density at radius 3 is 2.37 bits per heavy atom. The number of H-pyrrole nitrogens is 1. The molecule has 0 radical (unpaired) electrons. The van der Waals surface area contributed by atoms with Gasteiger partial charge < -0.3 is 18.9 Å². The minimum absolute atomic E-state index is 0.111. The lowest BCUT2D eigenvalue weighted by atomic mass is 9.85. The standard InChI is InChI=1S/C37H39Cl2N3O6S/c1-37(25-7-5-4-6-8-25,36(44)48-33-22-42-15-13-23(33)14-16-42)41-19-26-10-12-34(49-26)35(43)47-31(18-27-28(38)20-40-21-29(27)39)24-9-11-30(45-2)32(17-24)46-3/h4-12,17,20-21,23,31,33,41H,13-16,18-19,22H2,1-3H3/p+1/t31?,33-,37?/m0/s1. The number of nitrogens with one attached hydrogen (secondary N) is 2. The summed E-state index contributed by atoms with van der Waals surface area (Å²) in [5, 5.41) is 4.31. The third-order valence-electron chi connectivity index (χ3n) is 9.51. The second-order valence-electron chi connectivity index (χ2n) is 12.5. The number of benzene rings is 2. The smallest absolute Gasteiger partial charge is 0.348 e. The summed E-state index contributed by atoms with van der Waals surface area (Å²) < 4.78 is 23.3. The van der Waals surface area contributed by atoms with E-state index in [4.69, 9.17) is 42.1 Å². The summed E-state index contributed by atoms with van der Waals surface area (Å²) in [5.74, 6) is 0.639. The molecule has 0 saturated carbocycles. The van der Waals surface area contributed by atoms with Crippen molar-refractivity contribution in [2.24, 2.45) is 5.92 Å². The lowest BCUT2D eigenvalue weighted by Gasteiger charge is -2.45. The minimum Gasteiger partial charge on any atom is -0.493 e. The van der Waals surface area contributed by atoms with Crippen molar-refractivity contribution >= 4 is 46.5 Å². The fourth-order valence-corrected chi connectivity index (χ4v) is 7.90. The van der Waals surface area contributed by atoms with Crippen molar-refractivity contribution in [1.82, 2.24) is 10.2 Å². The van der Waals surface area contributed by atoms with Gasteiger partial charge in [0.2, 0.25) is 0 Å². The average molecular weight is 726 g/mol. The number of ether oxygens (including phenoxy) is 4. The van der Waals surface area contributed by atoms with Crippen LogP contribution in [0.25, 0.3) is 0 Å². The van der Waals surface area contributed by atoms with Gasteiger partial charge in [0.15, 0.2) is 23.9 Å². The van der Waals surface area contributed by atoms with Gasteiger partial charge >= 0.3 is 11.9 Å². The number of halogens is 2. The van der Waals surface area contributed by atoms with E-state index < -0.39 is 17.6 Å². The van der Waals surface area contributed by atoms with Gasteiger partial charge in [-0.15, -0.1) is 11.3 Å². The maximum absolute atomic E-state index is 13.9. The molecule has 5 heterocycles. The van der Waals surface area contributed by atoms with E-state index in [0.717, 1.165) is 42.9 Å². The molecule has 2 aromatic heterocycles. The summed E-state index contributed by atoms with van der Waals surface area (Å²) in [5.41, 5.74) is 1.04. The van der Waals surface area contributed by atoms with Crippen LogP contribution < -0.4 is 19.8 Å². The van der Waals surface area contributed by atoms with Crippen molar-refractivity contribution in [3.8, 4) is 11.5 Å². The van der Waals surface area contributed by atoms with Gasteiger partial charge in [0.1, 0.15) is 32.7 Å². The van der Waals surface area contributed by atoms with Crippen LogP contribution in [0, 0.1) is 5.92 Å². The number of aromatic nitrogens is 1. The molecule has 7 rings (SSSR count). The molecule has 4 aromatic rings. The summed E-state index contributed by atoms with van der Waals surface area (Å²) in [4.78, 5) is 34.1. The fraction of sp³-hybridized carbons (Fsp3) is 0.378. The number of pyridine rings is 1. The van der Waals surface area contributed by atoms with Crippen molar-refractivity contribution in [2.45, 2.75) is 50.5 Å². The number of hydrogen-bond acceptors (Lipinski definition) is 9. The molecule has 0 spiro atoms. The highest BCUT2D eigenvalue weighted by Crippen LogP contribution is 2.36. The molecule has 2 bridgehead atoms. The Morgan fingerprint density at radius 1 is 1.00 bits per heavy atom. The molecule has 3 aliphatic rings. The Morgan fingerprint density at radius 2 is 1.71 bits per heavy atom. The number of aromatic amines is 1. The molecule has 2 unspecified atom stereocenters. The van der Waals surface area contributed by atoms with Gasteiger partial charge in [0, 0.05) is 30.0 Å². The fourth-order valence-electron chi connectivity index (χ4n) is 6.53. The highest BCUT2D eigenvalue weighted by Gasteiger charge is 2.42. The van der Waals surface area contributed by atoms with Crippen LogP contribution in [0.2, 0.25) is 10.0 Å². The number of thiophene rings is 1. The molecule has 9 nitrogen and oxygen atoms in total. The van der Waals surface area contributed by atoms with Gasteiger partial charge in [-0.2, -0.15) is 0 Å².